The lowest BCUT2D eigenvalue weighted by Gasteiger charge is -2.00. The van der Waals surface area contributed by atoms with E-state index >= 15 is 0 Å². The first-order chi connectivity index (χ1) is 9.13. The average Bonchev–Trinajstić information content (AvgIpc) is 2.75. The van der Waals surface area contributed by atoms with E-state index in [0.29, 0.717) is 5.56 Å². The molecule has 0 atom stereocenters. The monoisotopic (exact) mass is 260 g/mol. The molecule has 19 heavy (non-hydrogen) atoms. The maximum atomic E-state index is 11.8. The number of aromatic amines is 1. The van der Waals surface area contributed by atoms with Crippen molar-refractivity contribution in [3.8, 4) is 0 Å². The van der Waals surface area contributed by atoms with Gasteiger partial charge in [0.25, 0.3) is 0 Å². The Bertz CT molecular complexity index is 658. The number of carbonyl (C=O) groups is 1. The van der Waals surface area contributed by atoms with Crippen molar-refractivity contribution in [3.05, 3.63) is 51.8 Å². The second-order valence-electron chi connectivity index (χ2n) is 3.78. The molecule has 98 valence electrons. The van der Waals surface area contributed by atoms with Gasteiger partial charge in [-0.05, 0) is 13.0 Å². The molecule has 0 fully saturated rings. The predicted molar refractivity (Wildman–Crippen MR) is 70.3 cm³/mol. The summed E-state index contributed by atoms with van der Waals surface area (Å²) in [6.45, 7) is 1.94. The maximum absolute atomic E-state index is 11.8. The highest BCUT2D eigenvalue weighted by Gasteiger charge is 2.17. The summed E-state index contributed by atoms with van der Waals surface area (Å²) in [7, 11) is 0. The van der Waals surface area contributed by atoms with Gasteiger partial charge in [0.1, 0.15) is 5.69 Å². The summed E-state index contributed by atoms with van der Waals surface area (Å²) in [5, 5.41) is 11.2. The third kappa shape index (κ3) is 2.62. The minimum atomic E-state index is -0.573. The van der Waals surface area contributed by atoms with E-state index in [1.54, 1.807) is 25.1 Å². The Hall–Kier alpha value is -2.63. The van der Waals surface area contributed by atoms with E-state index in [9.17, 15) is 14.9 Å². The molecule has 0 aliphatic heterocycles. The first-order valence-corrected chi connectivity index (χ1v) is 5.73. The summed E-state index contributed by atoms with van der Waals surface area (Å²) in [5.41, 5.74) is 1.42. The smallest absolute Gasteiger partial charge is 0.355 e. The predicted octanol–water partition coefficient (Wildman–Crippen LogP) is 2.59. The first-order valence-electron chi connectivity index (χ1n) is 5.73. The Morgan fingerprint density at radius 3 is 2.89 bits per heavy atom. The number of carbonyl (C=O) groups excluding carboxylic acids is 1. The van der Waals surface area contributed by atoms with Crippen molar-refractivity contribution in [2.75, 3.05) is 6.61 Å². The van der Waals surface area contributed by atoms with Gasteiger partial charge < -0.3 is 9.72 Å². The van der Waals surface area contributed by atoms with Crippen molar-refractivity contribution in [1.82, 2.24) is 4.98 Å². The lowest BCUT2D eigenvalue weighted by molar-refractivity contribution is -0.400. The van der Waals surface area contributed by atoms with E-state index in [1.165, 1.54) is 6.08 Å². The Kier molecular flexibility index (Phi) is 3.61. The summed E-state index contributed by atoms with van der Waals surface area (Å²) >= 11 is 0. The number of fused-ring (bicyclic) bond motifs is 1. The van der Waals surface area contributed by atoms with Gasteiger partial charge in [-0.1, -0.05) is 18.2 Å². The van der Waals surface area contributed by atoms with Crippen LogP contribution in [0.5, 0.6) is 0 Å². The number of H-pyrrole nitrogens is 1. The lowest BCUT2D eigenvalue weighted by Crippen LogP contribution is -2.06. The third-order valence-corrected chi connectivity index (χ3v) is 2.59. The molecule has 0 unspecified atom stereocenters. The normalized spacial score (nSPS) is 11.0. The Morgan fingerprint density at radius 2 is 2.21 bits per heavy atom. The van der Waals surface area contributed by atoms with Crippen molar-refractivity contribution in [1.29, 1.82) is 0 Å². The van der Waals surface area contributed by atoms with E-state index in [2.05, 4.69) is 4.98 Å². The number of nitro groups is 1. The fourth-order valence-corrected chi connectivity index (χ4v) is 1.84. The van der Waals surface area contributed by atoms with Gasteiger partial charge in [-0.2, -0.15) is 0 Å². The number of hydrogen-bond donors (Lipinski definition) is 1. The van der Waals surface area contributed by atoms with Crippen molar-refractivity contribution in [2.45, 2.75) is 6.92 Å². The van der Waals surface area contributed by atoms with E-state index < -0.39 is 10.9 Å². The molecule has 2 rings (SSSR count). The van der Waals surface area contributed by atoms with E-state index in [4.69, 9.17) is 4.74 Å². The number of ether oxygens (including phenoxy) is 1. The molecule has 0 aliphatic rings. The highest BCUT2D eigenvalue weighted by molar-refractivity contribution is 6.02. The fraction of sp³-hybridized carbons (Fsp3) is 0.154. The molecule has 6 nitrogen and oxygen atoms in total. The quantitative estimate of drug-likeness (QED) is 0.520. The molecule has 1 N–H and O–H groups in total. The van der Waals surface area contributed by atoms with Crippen LogP contribution in [0.3, 0.4) is 0 Å². The zero-order chi connectivity index (χ0) is 13.8. The van der Waals surface area contributed by atoms with Crippen molar-refractivity contribution < 1.29 is 14.5 Å². The number of nitrogens with one attached hydrogen (secondary N) is 1. The van der Waals surface area contributed by atoms with Crippen LogP contribution in [0, 0.1) is 10.1 Å². The van der Waals surface area contributed by atoms with Crippen molar-refractivity contribution in [2.24, 2.45) is 0 Å². The minimum absolute atomic E-state index is 0.223. The summed E-state index contributed by atoms with van der Waals surface area (Å²) in [6, 6.07) is 7.19. The van der Waals surface area contributed by atoms with Gasteiger partial charge in [-0.15, -0.1) is 0 Å². The zero-order valence-corrected chi connectivity index (χ0v) is 10.3. The molecule has 0 aliphatic carbocycles. The number of aromatic nitrogens is 1. The summed E-state index contributed by atoms with van der Waals surface area (Å²) in [5.74, 6) is -0.526. The Balaban J connectivity index is 2.58. The SMILES string of the molecule is CCOC(=O)c1[nH]c2ccccc2c1/C=C/[N+](=O)[O-]. The number of hydrogen-bond acceptors (Lipinski definition) is 4. The Morgan fingerprint density at radius 1 is 1.47 bits per heavy atom. The number of para-hydroxylation sites is 1. The highest BCUT2D eigenvalue weighted by atomic mass is 16.6. The third-order valence-electron chi connectivity index (χ3n) is 2.59. The largest absolute Gasteiger partial charge is 0.461 e. The zero-order valence-electron chi connectivity index (χ0n) is 10.3. The molecular weight excluding hydrogens is 248 g/mol. The van der Waals surface area contributed by atoms with Crippen LogP contribution in [-0.2, 0) is 4.74 Å². The van der Waals surface area contributed by atoms with Crippen LogP contribution in [0.25, 0.3) is 17.0 Å². The lowest BCUT2D eigenvalue weighted by atomic mass is 10.1. The second kappa shape index (κ2) is 5.34. The van der Waals surface area contributed by atoms with Crippen molar-refractivity contribution in [3.63, 3.8) is 0 Å². The molecule has 0 saturated carbocycles. The number of rotatable bonds is 4. The van der Waals surface area contributed by atoms with Gasteiger partial charge >= 0.3 is 5.97 Å². The van der Waals surface area contributed by atoms with Crippen LogP contribution in [0.2, 0.25) is 0 Å². The Labute approximate surface area is 108 Å². The number of esters is 1. The molecule has 2 aromatic rings. The fourth-order valence-electron chi connectivity index (χ4n) is 1.84. The second-order valence-corrected chi connectivity index (χ2v) is 3.78. The average molecular weight is 260 g/mol. The highest BCUT2D eigenvalue weighted by Crippen LogP contribution is 2.24. The van der Waals surface area contributed by atoms with Gasteiger partial charge in [0.15, 0.2) is 0 Å². The molecule has 0 spiro atoms. The van der Waals surface area contributed by atoms with Crippen LogP contribution in [0.15, 0.2) is 30.5 Å². The maximum Gasteiger partial charge on any atom is 0.355 e. The van der Waals surface area contributed by atoms with Crippen LogP contribution in [0.4, 0.5) is 0 Å². The van der Waals surface area contributed by atoms with Gasteiger partial charge in [0, 0.05) is 22.5 Å². The first kappa shape index (κ1) is 12.8. The molecule has 0 radical (unpaired) electrons. The molecule has 0 bridgehead atoms. The summed E-state index contributed by atoms with van der Waals surface area (Å²) in [6.07, 6.45) is 2.10. The molecule has 1 aromatic carbocycles. The minimum Gasteiger partial charge on any atom is -0.461 e. The van der Waals surface area contributed by atoms with E-state index in [0.717, 1.165) is 17.1 Å². The topological polar surface area (TPSA) is 85.2 Å². The van der Waals surface area contributed by atoms with Crippen LogP contribution < -0.4 is 0 Å². The number of nitrogens with zero attached hydrogens (tertiary/aromatic N) is 1. The molecular formula is C13H12N2O4. The van der Waals surface area contributed by atoms with Gasteiger partial charge in [-0.3, -0.25) is 10.1 Å². The molecule has 0 saturated heterocycles. The van der Waals surface area contributed by atoms with E-state index in [1.807, 2.05) is 6.07 Å². The number of benzene rings is 1. The van der Waals surface area contributed by atoms with Crippen molar-refractivity contribution >= 4 is 22.9 Å². The van der Waals surface area contributed by atoms with Crippen LogP contribution >= 0.6 is 0 Å². The molecule has 6 heteroatoms. The van der Waals surface area contributed by atoms with Gasteiger partial charge in [0.05, 0.1) is 11.5 Å². The van der Waals surface area contributed by atoms with Crippen LogP contribution in [-0.4, -0.2) is 22.5 Å². The summed E-state index contributed by atoms with van der Waals surface area (Å²) < 4.78 is 4.93. The van der Waals surface area contributed by atoms with Crippen LogP contribution in [0.1, 0.15) is 23.0 Å². The van der Waals surface area contributed by atoms with E-state index in [-0.39, 0.29) is 12.3 Å². The molecule has 1 heterocycles. The molecule has 1 aromatic heterocycles. The standard InChI is InChI=1S/C13H12N2O4/c1-2-19-13(16)12-10(7-8-15(17)18)9-5-3-4-6-11(9)14-12/h3-8,14H,2H2,1H3/b8-7+. The molecule has 0 amide bonds. The van der Waals surface area contributed by atoms with Gasteiger partial charge in [-0.25, -0.2) is 4.79 Å². The summed E-state index contributed by atoms with van der Waals surface area (Å²) in [4.78, 5) is 24.6. The van der Waals surface area contributed by atoms with Gasteiger partial charge in [0.2, 0.25) is 6.20 Å².